The number of ether oxygens (including phenoxy) is 2. The van der Waals surface area contributed by atoms with Crippen LogP contribution in [0.2, 0.25) is 0 Å². The first-order valence-electron chi connectivity index (χ1n) is 10.2. The molecule has 2 aromatic heterocycles. The van der Waals surface area contributed by atoms with Gasteiger partial charge in [-0.2, -0.15) is 0 Å². The Balaban J connectivity index is 0.00000363. The van der Waals surface area contributed by atoms with Gasteiger partial charge in [0.2, 0.25) is 5.88 Å². The van der Waals surface area contributed by atoms with Crippen molar-refractivity contribution in [2.24, 2.45) is 4.99 Å². The van der Waals surface area contributed by atoms with Crippen molar-refractivity contribution in [1.82, 2.24) is 15.6 Å². The topological polar surface area (TPSA) is 80.9 Å². The van der Waals surface area contributed by atoms with Crippen LogP contribution in [0.5, 0.6) is 11.6 Å². The van der Waals surface area contributed by atoms with Gasteiger partial charge in [-0.1, -0.05) is 12.1 Å². The molecule has 0 radical (unpaired) electrons. The number of furan rings is 1. The zero-order valence-electron chi connectivity index (χ0n) is 17.9. The van der Waals surface area contributed by atoms with Crippen molar-refractivity contribution in [3.63, 3.8) is 0 Å². The Morgan fingerprint density at radius 1 is 1.16 bits per heavy atom. The van der Waals surface area contributed by atoms with E-state index in [9.17, 15) is 4.39 Å². The smallest absolute Gasteiger partial charge is 0.224 e. The van der Waals surface area contributed by atoms with Crippen molar-refractivity contribution < 1.29 is 18.3 Å². The van der Waals surface area contributed by atoms with Crippen LogP contribution in [-0.4, -0.2) is 30.6 Å². The van der Waals surface area contributed by atoms with Crippen LogP contribution in [0.1, 0.15) is 24.7 Å². The van der Waals surface area contributed by atoms with Gasteiger partial charge in [0.25, 0.3) is 0 Å². The number of rotatable bonds is 11. The number of guanidine groups is 1. The van der Waals surface area contributed by atoms with Crippen molar-refractivity contribution in [3.05, 3.63) is 78.1 Å². The third kappa shape index (κ3) is 8.83. The van der Waals surface area contributed by atoms with Crippen molar-refractivity contribution in [1.29, 1.82) is 0 Å². The lowest BCUT2D eigenvalue weighted by molar-refractivity contribution is 0.105. The Morgan fingerprint density at radius 2 is 2.06 bits per heavy atom. The van der Waals surface area contributed by atoms with Crippen LogP contribution in [0.3, 0.4) is 0 Å². The minimum absolute atomic E-state index is 0. The average molecular weight is 554 g/mol. The minimum Gasteiger partial charge on any atom is -0.467 e. The van der Waals surface area contributed by atoms with Gasteiger partial charge in [-0.25, -0.2) is 14.4 Å². The fourth-order valence-electron chi connectivity index (χ4n) is 2.73. The van der Waals surface area contributed by atoms with Crippen molar-refractivity contribution in [2.45, 2.75) is 26.5 Å². The van der Waals surface area contributed by atoms with Crippen LogP contribution >= 0.6 is 24.0 Å². The fraction of sp³-hybridized carbons (Fsp3) is 0.304. The van der Waals surface area contributed by atoms with Gasteiger partial charge in [0.15, 0.2) is 5.96 Å². The van der Waals surface area contributed by atoms with Gasteiger partial charge >= 0.3 is 0 Å². The van der Waals surface area contributed by atoms with Gasteiger partial charge in [-0.15, -0.1) is 24.0 Å². The summed E-state index contributed by atoms with van der Waals surface area (Å²) in [7, 11) is 0. The summed E-state index contributed by atoms with van der Waals surface area (Å²) in [5.74, 6) is 1.94. The van der Waals surface area contributed by atoms with Crippen LogP contribution in [-0.2, 0) is 17.9 Å². The summed E-state index contributed by atoms with van der Waals surface area (Å²) in [6.45, 7) is 4.90. The van der Waals surface area contributed by atoms with Crippen LogP contribution in [0.25, 0.3) is 0 Å². The maximum atomic E-state index is 13.4. The van der Waals surface area contributed by atoms with Gasteiger partial charge in [-0.05, 0) is 43.7 Å². The van der Waals surface area contributed by atoms with Crippen LogP contribution in [0, 0.1) is 5.82 Å². The molecule has 9 heteroatoms. The van der Waals surface area contributed by atoms with Gasteiger partial charge in [0.05, 0.1) is 12.8 Å². The highest BCUT2D eigenvalue weighted by molar-refractivity contribution is 14.0. The zero-order valence-corrected chi connectivity index (χ0v) is 20.3. The Morgan fingerprint density at radius 3 is 2.84 bits per heavy atom. The van der Waals surface area contributed by atoms with Gasteiger partial charge in [0, 0.05) is 37.5 Å². The molecule has 3 aromatic rings. The molecule has 3 rings (SSSR count). The molecule has 2 N–H and O–H groups in total. The predicted octanol–water partition coefficient (Wildman–Crippen LogP) is 4.89. The van der Waals surface area contributed by atoms with E-state index in [-0.39, 0.29) is 29.8 Å². The highest BCUT2D eigenvalue weighted by Crippen LogP contribution is 2.23. The minimum atomic E-state index is -0.361. The monoisotopic (exact) mass is 554 g/mol. The Labute approximate surface area is 204 Å². The summed E-state index contributed by atoms with van der Waals surface area (Å²) in [6.07, 6.45) is 4.09. The molecular weight excluding hydrogens is 526 g/mol. The number of pyridine rings is 1. The summed E-state index contributed by atoms with van der Waals surface area (Å²) in [4.78, 5) is 8.87. The maximum Gasteiger partial charge on any atom is 0.224 e. The van der Waals surface area contributed by atoms with Gasteiger partial charge in [-0.3, -0.25) is 0 Å². The van der Waals surface area contributed by atoms with E-state index in [4.69, 9.17) is 13.9 Å². The van der Waals surface area contributed by atoms with E-state index in [1.165, 1.54) is 12.1 Å². The van der Waals surface area contributed by atoms with Crippen molar-refractivity contribution in [3.8, 4) is 11.6 Å². The molecule has 0 bridgehead atoms. The highest BCUT2D eigenvalue weighted by atomic mass is 127. The number of benzene rings is 1. The largest absolute Gasteiger partial charge is 0.467 e. The molecule has 2 heterocycles. The summed E-state index contributed by atoms with van der Waals surface area (Å²) in [5, 5.41) is 6.50. The molecule has 0 aliphatic rings. The third-order valence-electron chi connectivity index (χ3n) is 4.19. The lowest BCUT2D eigenvalue weighted by Gasteiger charge is -2.12. The summed E-state index contributed by atoms with van der Waals surface area (Å²) in [5.41, 5.74) is 0.797. The van der Waals surface area contributed by atoms with E-state index < -0.39 is 0 Å². The van der Waals surface area contributed by atoms with Crippen molar-refractivity contribution >= 4 is 29.9 Å². The normalized spacial score (nSPS) is 11.0. The second-order valence-corrected chi connectivity index (χ2v) is 6.63. The van der Waals surface area contributed by atoms with E-state index in [1.807, 2.05) is 31.2 Å². The van der Waals surface area contributed by atoms with Gasteiger partial charge in [0.1, 0.15) is 23.9 Å². The molecule has 0 saturated carbocycles. The first-order valence-corrected chi connectivity index (χ1v) is 10.2. The number of aliphatic imine (C=N–C) groups is 1. The summed E-state index contributed by atoms with van der Waals surface area (Å²) >= 11 is 0. The van der Waals surface area contributed by atoms with E-state index in [0.29, 0.717) is 43.9 Å². The third-order valence-corrected chi connectivity index (χ3v) is 4.19. The molecular formula is C23H28FIN4O3. The number of nitrogens with zero attached hydrogens (tertiary/aromatic N) is 2. The summed E-state index contributed by atoms with van der Waals surface area (Å²) in [6, 6.07) is 13.4. The molecule has 0 unspecified atom stereocenters. The van der Waals surface area contributed by atoms with E-state index in [2.05, 4.69) is 20.6 Å². The van der Waals surface area contributed by atoms with Crippen molar-refractivity contribution in [2.75, 3.05) is 19.7 Å². The van der Waals surface area contributed by atoms with E-state index in [0.717, 1.165) is 24.3 Å². The molecule has 32 heavy (non-hydrogen) atoms. The lowest BCUT2D eigenvalue weighted by atomic mass is 10.2. The number of aromatic nitrogens is 1. The molecule has 172 valence electrons. The highest BCUT2D eigenvalue weighted by Gasteiger charge is 2.07. The Hall–Kier alpha value is -2.66. The van der Waals surface area contributed by atoms with Crippen LogP contribution < -0.4 is 15.4 Å². The van der Waals surface area contributed by atoms with Crippen LogP contribution in [0.4, 0.5) is 4.39 Å². The summed E-state index contributed by atoms with van der Waals surface area (Å²) < 4.78 is 30.0. The molecule has 0 amide bonds. The molecule has 1 aromatic carbocycles. The van der Waals surface area contributed by atoms with Gasteiger partial charge < -0.3 is 24.5 Å². The second kappa shape index (κ2) is 14.4. The maximum absolute atomic E-state index is 13.4. The molecule has 7 nitrogen and oxygen atoms in total. The SMILES string of the molecule is CCNC(=NCc1cccnc1Oc1cccc(F)c1)NCCCOCc1ccco1.I. The molecule has 0 spiro atoms. The molecule has 0 aliphatic carbocycles. The number of hydrogen-bond donors (Lipinski definition) is 2. The van der Waals surface area contributed by atoms with E-state index in [1.54, 1.807) is 24.6 Å². The quantitative estimate of drug-likeness (QED) is 0.152. The number of nitrogens with one attached hydrogen (secondary N) is 2. The zero-order chi connectivity index (χ0) is 21.7. The Bertz CT molecular complexity index is 954. The molecule has 0 fully saturated rings. The lowest BCUT2D eigenvalue weighted by Crippen LogP contribution is -2.38. The standard InChI is InChI=1S/C23H27FN4O3.HI/c1-2-25-23(27-12-6-13-29-17-21-10-5-14-30-21)28-16-18-7-4-11-26-22(18)31-20-9-3-8-19(24)15-20;/h3-5,7-11,14-15H,2,6,12-13,16-17H2,1H3,(H2,25,27,28);1H. The Kier molecular flexibility index (Phi) is 11.5. The first kappa shape index (κ1) is 25.6. The van der Waals surface area contributed by atoms with E-state index >= 15 is 0 Å². The first-order chi connectivity index (χ1) is 15.2. The number of hydrogen-bond acceptors (Lipinski definition) is 5. The van der Waals surface area contributed by atoms with Crippen LogP contribution in [0.15, 0.2) is 70.4 Å². The number of halogens is 2. The predicted molar refractivity (Wildman–Crippen MR) is 132 cm³/mol. The second-order valence-electron chi connectivity index (χ2n) is 6.63. The average Bonchev–Trinajstić information content (AvgIpc) is 3.29. The fourth-order valence-corrected chi connectivity index (χ4v) is 2.73. The molecule has 0 saturated heterocycles. The molecule has 0 aliphatic heterocycles. The molecule has 0 atom stereocenters.